The fraction of sp³-hybridized carbons (Fsp3) is 0.600. The van der Waals surface area contributed by atoms with Crippen LogP contribution >= 0.6 is 0 Å². The van der Waals surface area contributed by atoms with Gasteiger partial charge in [-0.25, -0.2) is 0 Å². The fourth-order valence-electron chi connectivity index (χ4n) is 7.60. The van der Waals surface area contributed by atoms with Crippen molar-refractivity contribution >= 4 is 0 Å². The van der Waals surface area contributed by atoms with Crippen LogP contribution in [0.25, 0.3) is 0 Å². The summed E-state index contributed by atoms with van der Waals surface area (Å²) in [6.45, 7) is 7.37. The zero-order valence-corrected chi connectivity index (χ0v) is 20.4. The number of aryl methyl sites for hydroxylation is 2. The van der Waals surface area contributed by atoms with E-state index in [9.17, 15) is 0 Å². The summed E-state index contributed by atoms with van der Waals surface area (Å²) in [6, 6.07) is 13.9. The average Bonchev–Trinajstić information content (AvgIpc) is 3.72. The number of benzene rings is 2. The summed E-state index contributed by atoms with van der Waals surface area (Å²) in [4.78, 5) is 0. The molecule has 2 aromatic rings. The van der Waals surface area contributed by atoms with E-state index in [0.717, 1.165) is 48.4 Å². The van der Waals surface area contributed by atoms with Crippen LogP contribution < -0.4 is 9.47 Å². The highest BCUT2D eigenvalue weighted by Crippen LogP contribution is 2.65. The Morgan fingerprint density at radius 3 is 1.65 bits per heavy atom. The molecule has 5 aliphatic rings. The molecule has 180 valence electrons. The first kappa shape index (κ1) is 21.3. The summed E-state index contributed by atoms with van der Waals surface area (Å²) in [7, 11) is 0. The quantitative estimate of drug-likeness (QED) is 0.481. The van der Waals surface area contributed by atoms with Gasteiger partial charge in [-0.3, -0.25) is 0 Å². The molecule has 3 aliphatic carbocycles. The smallest absolute Gasteiger partial charge is 0.122 e. The van der Waals surface area contributed by atoms with Crippen molar-refractivity contribution in [3.05, 3.63) is 58.7 Å². The molecule has 0 aromatic heterocycles. The predicted molar refractivity (Wildman–Crippen MR) is 131 cm³/mol. The molecule has 0 radical (unpaired) electrons. The van der Waals surface area contributed by atoms with E-state index in [1.807, 2.05) is 0 Å². The molecule has 4 heteroatoms. The number of hydrogen-bond acceptors (Lipinski definition) is 4. The van der Waals surface area contributed by atoms with Gasteiger partial charge in [0, 0.05) is 5.41 Å². The molecular weight excluding hydrogens is 424 g/mol. The third kappa shape index (κ3) is 3.65. The summed E-state index contributed by atoms with van der Waals surface area (Å²) < 4.78 is 22.8. The Morgan fingerprint density at radius 2 is 1.24 bits per heavy atom. The SMILES string of the molecule is Cc1cc(C2(c3ccc(OCC4CO4)c(C)c3)CC3C4CCC(C4)C3C2)ccc1OCC1CO1. The van der Waals surface area contributed by atoms with Crippen molar-refractivity contribution in [1.82, 2.24) is 0 Å². The van der Waals surface area contributed by atoms with Crippen LogP contribution in [0, 0.1) is 37.5 Å². The van der Waals surface area contributed by atoms with Crippen LogP contribution in [0.5, 0.6) is 11.5 Å². The molecule has 5 fully saturated rings. The molecule has 0 N–H and O–H groups in total. The lowest BCUT2D eigenvalue weighted by Gasteiger charge is -2.33. The Balaban J connectivity index is 1.23. The maximum atomic E-state index is 6.07. The Hall–Kier alpha value is -2.04. The molecular formula is C30H36O4. The van der Waals surface area contributed by atoms with E-state index in [2.05, 4.69) is 50.2 Å². The summed E-state index contributed by atoms with van der Waals surface area (Å²) in [6.07, 6.45) is 7.51. The minimum Gasteiger partial charge on any atom is -0.491 e. The Kier molecular flexibility index (Phi) is 5.00. The van der Waals surface area contributed by atoms with E-state index < -0.39 is 0 Å². The maximum absolute atomic E-state index is 6.07. The predicted octanol–water partition coefficient (Wildman–Crippen LogP) is 5.60. The number of ether oxygens (including phenoxy) is 4. The van der Waals surface area contributed by atoms with E-state index in [1.165, 1.54) is 54.4 Å². The molecule has 6 atom stereocenters. The van der Waals surface area contributed by atoms with E-state index in [-0.39, 0.29) is 17.6 Å². The van der Waals surface area contributed by atoms with Crippen LogP contribution in [-0.4, -0.2) is 38.6 Å². The van der Waals surface area contributed by atoms with Crippen LogP contribution in [0.4, 0.5) is 0 Å². The standard InChI is InChI=1S/C30H36O4/c1-18-9-22(5-7-28(18)33-16-24-14-31-24)30(12-26-20-3-4-21(11-20)27(26)13-30)23-6-8-29(19(2)10-23)34-17-25-15-32-25/h5-10,20-21,24-27H,3-4,11-17H2,1-2H3. The number of fused-ring (bicyclic) bond motifs is 5. The molecule has 7 rings (SSSR count). The lowest BCUT2D eigenvalue weighted by molar-refractivity contribution is 0.259. The molecule has 0 amide bonds. The van der Waals surface area contributed by atoms with E-state index in [0.29, 0.717) is 13.2 Å². The van der Waals surface area contributed by atoms with Crippen molar-refractivity contribution in [2.75, 3.05) is 26.4 Å². The van der Waals surface area contributed by atoms with E-state index >= 15 is 0 Å². The van der Waals surface area contributed by atoms with Crippen molar-refractivity contribution in [2.45, 2.75) is 63.6 Å². The minimum atomic E-state index is 0.0857. The summed E-state index contributed by atoms with van der Waals surface area (Å²) in [5.41, 5.74) is 5.49. The molecule has 2 aromatic carbocycles. The van der Waals surface area contributed by atoms with Gasteiger partial charge in [0.05, 0.1) is 13.2 Å². The third-order valence-corrected chi connectivity index (χ3v) is 9.55. The van der Waals surface area contributed by atoms with Gasteiger partial charge < -0.3 is 18.9 Å². The highest BCUT2D eigenvalue weighted by molar-refractivity contribution is 5.49. The summed E-state index contributed by atoms with van der Waals surface area (Å²) >= 11 is 0. The lowest BCUT2D eigenvalue weighted by atomic mass is 9.70. The first-order valence-electron chi connectivity index (χ1n) is 13.3. The Morgan fingerprint density at radius 1 is 0.765 bits per heavy atom. The number of hydrogen-bond donors (Lipinski definition) is 0. The summed E-state index contributed by atoms with van der Waals surface area (Å²) in [5, 5.41) is 0. The topological polar surface area (TPSA) is 43.5 Å². The monoisotopic (exact) mass is 460 g/mol. The fourth-order valence-corrected chi connectivity index (χ4v) is 7.60. The largest absolute Gasteiger partial charge is 0.491 e. The zero-order valence-electron chi connectivity index (χ0n) is 20.4. The van der Waals surface area contributed by atoms with Crippen LogP contribution in [0.15, 0.2) is 36.4 Å². The van der Waals surface area contributed by atoms with Crippen molar-refractivity contribution in [1.29, 1.82) is 0 Å². The van der Waals surface area contributed by atoms with Crippen molar-refractivity contribution in [3.63, 3.8) is 0 Å². The van der Waals surface area contributed by atoms with Gasteiger partial charge in [-0.2, -0.15) is 0 Å². The Labute approximate surface area is 202 Å². The average molecular weight is 461 g/mol. The minimum absolute atomic E-state index is 0.0857. The number of rotatable bonds is 8. The molecule has 2 saturated heterocycles. The molecule has 2 heterocycles. The summed E-state index contributed by atoms with van der Waals surface area (Å²) in [5.74, 6) is 5.64. The van der Waals surface area contributed by atoms with E-state index in [1.54, 1.807) is 0 Å². The van der Waals surface area contributed by atoms with Gasteiger partial charge in [0.1, 0.15) is 36.9 Å². The van der Waals surface area contributed by atoms with Gasteiger partial charge in [0.15, 0.2) is 0 Å². The van der Waals surface area contributed by atoms with Gasteiger partial charge in [-0.15, -0.1) is 0 Å². The molecule has 0 spiro atoms. The second-order valence-corrected chi connectivity index (χ2v) is 11.6. The zero-order chi connectivity index (χ0) is 22.9. The van der Waals surface area contributed by atoms with Gasteiger partial charge in [-0.1, -0.05) is 24.3 Å². The number of epoxide rings is 2. The van der Waals surface area contributed by atoms with E-state index in [4.69, 9.17) is 18.9 Å². The normalized spacial score (nSPS) is 37.0. The third-order valence-electron chi connectivity index (χ3n) is 9.55. The second-order valence-electron chi connectivity index (χ2n) is 11.6. The van der Waals surface area contributed by atoms with Crippen molar-refractivity contribution < 1.29 is 18.9 Å². The second kappa shape index (κ2) is 7.99. The highest BCUT2D eigenvalue weighted by atomic mass is 16.6. The lowest BCUT2D eigenvalue weighted by Crippen LogP contribution is -2.26. The molecule has 2 aliphatic heterocycles. The van der Waals surface area contributed by atoms with Gasteiger partial charge in [0.25, 0.3) is 0 Å². The molecule has 34 heavy (non-hydrogen) atoms. The first-order valence-corrected chi connectivity index (χ1v) is 13.3. The molecule has 2 bridgehead atoms. The van der Waals surface area contributed by atoms with Crippen LogP contribution in [0.2, 0.25) is 0 Å². The van der Waals surface area contributed by atoms with Crippen LogP contribution in [-0.2, 0) is 14.9 Å². The van der Waals surface area contributed by atoms with Crippen molar-refractivity contribution in [3.8, 4) is 11.5 Å². The highest BCUT2D eigenvalue weighted by Gasteiger charge is 2.57. The van der Waals surface area contributed by atoms with Crippen LogP contribution in [0.1, 0.15) is 54.4 Å². The Bertz CT molecular complexity index is 1000. The maximum Gasteiger partial charge on any atom is 0.122 e. The first-order chi connectivity index (χ1) is 16.6. The molecule has 4 nitrogen and oxygen atoms in total. The van der Waals surface area contributed by atoms with Gasteiger partial charge in [-0.05, 0) is 104 Å². The van der Waals surface area contributed by atoms with Gasteiger partial charge in [0.2, 0.25) is 0 Å². The molecule has 3 saturated carbocycles. The van der Waals surface area contributed by atoms with Crippen LogP contribution in [0.3, 0.4) is 0 Å². The van der Waals surface area contributed by atoms with Crippen molar-refractivity contribution in [2.24, 2.45) is 23.7 Å². The van der Waals surface area contributed by atoms with Gasteiger partial charge >= 0.3 is 0 Å². The molecule has 6 unspecified atom stereocenters.